The van der Waals surface area contributed by atoms with E-state index in [9.17, 15) is 4.79 Å². The minimum Gasteiger partial charge on any atom is -0.493 e. The van der Waals surface area contributed by atoms with Crippen molar-refractivity contribution in [3.05, 3.63) is 71.5 Å². The SMILES string of the molecule is COc1cc2ncnc(Oc3ccc(NC(=O)OCCSc4ccccc4C)c(Cl)c3)c2cc1OC. The molecule has 36 heavy (non-hydrogen) atoms. The maximum absolute atomic E-state index is 12.2. The Kier molecular flexibility index (Phi) is 8.35. The van der Waals surface area contributed by atoms with Crippen molar-refractivity contribution in [2.24, 2.45) is 0 Å². The predicted octanol–water partition coefficient (Wildman–Crippen LogP) is 6.74. The highest BCUT2D eigenvalue weighted by Gasteiger charge is 2.14. The molecule has 1 amide bonds. The molecule has 3 aromatic carbocycles. The Balaban J connectivity index is 1.37. The molecule has 0 fully saturated rings. The molecule has 0 aliphatic carbocycles. The molecular formula is C26H24ClN3O5S. The lowest BCUT2D eigenvalue weighted by atomic mass is 10.2. The monoisotopic (exact) mass is 525 g/mol. The van der Waals surface area contributed by atoms with Gasteiger partial charge in [0, 0.05) is 22.8 Å². The fourth-order valence-electron chi connectivity index (χ4n) is 3.36. The summed E-state index contributed by atoms with van der Waals surface area (Å²) in [6.45, 7) is 2.31. The van der Waals surface area contributed by atoms with E-state index in [0.29, 0.717) is 45.5 Å². The zero-order valence-electron chi connectivity index (χ0n) is 19.9. The van der Waals surface area contributed by atoms with E-state index in [0.717, 1.165) is 4.90 Å². The first-order valence-electron chi connectivity index (χ1n) is 10.9. The number of aryl methyl sites for hydroxylation is 1. The third-order valence-electron chi connectivity index (χ3n) is 5.16. The Bertz CT molecular complexity index is 1390. The molecule has 0 unspecified atom stereocenters. The van der Waals surface area contributed by atoms with Gasteiger partial charge in [0.15, 0.2) is 11.5 Å². The summed E-state index contributed by atoms with van der Waals surface area (Å²) in [5, 5.41) is 3.58. The number of carbonyl (C=O) groups excluding carboxylic acids is 1. The number of hydrogen-bond acceptors (Lipinski definition) is 8. The molecule has 4 rings (SSSR count). The van der Waals surface area contributed by atoms with Gasteiger partial charge in [-0.25, -0.2) is 14.8 Å². The number of hydrogen-bond donors (Lipinski definition) is 1. The normalized spacial score (nSPS) is 10.7. The molecule has 1 aromatic heterocycles. The molecule has 0 spiro atoms. The number of fused-ring (bicyclic) bond motifs is 1. The molecule has 0 atom stereocenters. The average Bonchev–Trinajstić information content (AvgIpc) is 2.88. The summed E-state index contributed by atoms with van der Waals surface area (Å²) in [4.78, 5) is 21.9. The van der Waals surface area contributed by atoms with Crippen molar-refractivity contribution in [2.75, 3.05) is 31.9 Å². The molecule has 10 heteroatoms. The molecule has 186 valence electrons. The first-order valence-corrected chi connectivity index (χ1v) is 12.3. The van der Waals surface area contributed by atoms with E-state index in [4.69, 9.17) is 30.5 Å². The lowest BCUT2D eigenvalue weighted by Gasteiger charge is -2.13. The van der Waals surface area contributed by atoms with Crippen molar-refractivity contribution in [1.82, 2.24) is 9.97 Å². The molecule has 0 radical (unpaired) electrons. The van der Waals surface area contributed by atoms with Gasteiger partial charge in [0.05, 0.1) is 35.8 Å². The van der Waals surface area contributed by atoms with Crippen LogP contribution in [0.4, 0.5) is 10.5 Å². The molecule has 0 aliphatic heterocycles. The van der Waals surface area contributed by atoms with Crippen LogP contribution in [0.5, 0.6) is 23.1 Å². The molecule has 0 bridgehead atoms. The van der Waals surface area contributed by atoms with E-state index in [2.05, 4.69) is 15.3 Å². The van der Waals surface area contributed by atoms with Crippen LogP contribution in [0.25, 0.3) is 10.9 Å². The first-order chi connectivity index (χ1) is 17.5. The Morgan fingerprint density at radius 3 is 2.56 bits per heavy atom. The number of nitrogens with zero attached hydrogens (tertiary/aromatic N) is 2. The smallest absolute Gasteiger partial charge is 0.411 e. The Morgan fingerprint density at radius 1 is 1.03 bits per heavy atom. The van der Waals surface area contributed by atoms with Crippen LogP contribution in [0, 0.1) is 6.92 Å². The topological polar surface area (TPSA) is 91.8 Å². The first kappa shape index (κ1) is 25.4. The average molecular weight is 526 g/mol. The largest absolute Gasteiger partial charge is 0.493 e. The molecule has 4 aromatic rings. The van der Waals surface area contributed by atoms with E-state index in [1.54, 1.807) is 56.3 Å². The standard InChI is InChI=1S/C26H24ClN3O5S/c1-16-6-4-5-7-24(16)36-11-10-34-26(31)30-20-9-8-17(12-19(20)27)35-25-18-13-22(32-2)23(33-3)14-21(18)28-15-29-25/h4-9,12-15H,10-11H2,1-3H3,(H,30,31). The Labute approximate surface area is 217 Å². The highest BCUT2D eigenvalue weighted by atomic mass is 35.5. The summed E-state index contributed by atoms with van der Waals surface area (Å²) < 4.78 is 21.9. The number of rotatable bonds is 9. The molecular weight excluding hydrogens is 502 g/mol. The molecule has 1 heterocycles. The van der Waals surface area contributed by atoms with Crippen molar-refractivity contribution in [1.29, 1.82) is 0 Å². The quantitative estimate of drug-likeness (QED) is 0.190. The van der Waals surface area contributed by atoms with Crippen LogP contribution in [-0.4, -0.2) is 42.6 Å². The molecule has 0 saturated heterocycles. The minimum absolute atomic E-state index is 0.263. The number of halogens is 1. The lowest BCUT2D eigenvalue weighted by Crippen LogP contribution is -2.15. The maximum atomic E-state index is 12.2. The van der Waals surface area contributed by atoms with Crippen molar-refractivity contribution >= 4 is 46.0 Å². The van der Waals surface area contributed by atoms with Crippen LogP contribution in [-0.2, 0) is 4.74 Å². The third-order valence-corrected chi connectivity index (χ3v) is 6.62. The number of ether oxygens (including phenoxy) is 4. The zero-order chi connectivity index (χ0) is 25.5. The number of methoxy groups -OCH3 is 2. The summed E-state index contributed by atoms with van der Waals surface area (Å²) in [7, 11) is 3.10. The molecule has 1 N–H and O–H groups in total. The predicted molar refractivity (Wildman–Crippen MR) is 141 cm³/mol. The number of benzene rings is 3. The van der Waals surface area contributed by atoms with Gasteiger partial charge in [0.2, 0.25) is 5.88 Å². The molecule has 0 aliphatic rings. The van der Waals surface area contributed by atoms with E-state index in [1.807, 2.05) is 31.2 Å². The summed E-state index contributed by atoms with van der Waals surface area (Å²) >= 11 is 8.01. The second-order valence-corrected chi connectivity index (χ2v) is 9.07. The van der Waals surface area contributed by atoms with Crippen LogP contribution in [0.1, 0.15) is 5.56 Å². The fraction of sp³-hybridized carbons (Fsp3) is 0.192. The van der Waals surface area contributed by atoms with Gasteiger partial charge in [-0.1, -0.05) is 29.8 Å². The molecule has 0 saturated carbocycles. The van der Waals surface area contributed by atoms with Crippen molar-refractivity contribution in [3.63, 3.8) is 0 Å². The van der Waals surface area contributed by atoms with E-state index < -0.39 is 6.09 Å². The van der Waals surface area contributed by atoms with Crippen LogP contribution >= 0.6 is 23.4 Å². The zero-order valence-corrected chi connectivity index (χ0v) is 21.5. The van der Waals surface area contributed by atoms with Gasteiger partial charge >= 0.3 is 6.09 Å². The highest BCUT2D eigenvalue weighted by Crippen LogP contribution is 2.36. The van der Waals surface area contributed by atoms with Gasteiger partial charge in [-0.05, 0) is 36.8 Å². The van der Waals surface area contributed by atoms with Crippen molar-refractivity contribution < 1.29 is 23.7 Å². The van der Waals surface area contributed by atoms with Gasteiger partial charge in [-0.2, -0.15) is 0 Å². The maximum Gasteiger partial charge on any atom is 0.411 e. The number of aromatic nitrogens is 2. The third kappa shape index (κ3) is 6.10. The Morgan fingerprint density at radius 2 is 1.81 bits per heavy atom. The second-order valence-electron chi connectivity index (χ2n) is 7.52. The fourth-order valence-corrected chi connectivity index (χ4v) is 4.44. The van der Waals surface area contributed by atoms with Crippen molar-refractivity contribution in [2.45, 2.75) is 11.8 Å². The lowest BCUT2D eigenvalue weighted by molar-refractivity contribution is 0.169. The van der Waals surface area contributed by atoms with E-state index in [-0.39, 0.29) is 11.6 Å². The van der Waals surface area contributed by atoms with Crippen molar-refractivity contribution in [3.8, 4) is 23.1 Å². The highest BCUT2D eigenvalue weighted by molar-refractivity contribution is 7.99. The number of amides is 1. The van der Waals surface area contributed by atoms with Crippen LogP contribution in [0.2, 0.25) is 5.02 Å². The number of nitrogens with one attached hydrogen (secondary N) is 1. The number of thioether (sulfide) groups is 1. The van der Waals surface area contributed by atoms with Crippen LogP contribution < -0.4 is 19.5 Å². The van der Waals surface area contributed by atoms with Crippen LogP contribution in [0.3, 0.4) is 0 Å². The van der Waals surface area contributed by atoms with E-state index >= 15 is 0 Å². The van der Waals surface area contributed by atoms with Gasteiger partial charge < -0.3 is 18.9 Å². The summed E-state index contributed by atoms with van der Waals surface area (Å²) in [6.07, 6.45) is 0.813. The molecule has 8 nitrogen and oxygen atoms in total. The second kappa shape index (κ2) is 11.8. The number of carbonyl (C=O) groups is 1. The van der Waals surface area contributed by atoms with Gasteiger partial charge in [-0.15, -0.1) is 11.8 Å². The summed E-state index contributed by atoms with van der Waals surface area (Å²) in [5.74, 6) is 2.47. The van der Waals surface area contributed by atoms with Crippen LogP contribution in [0.15, 0.2) is 65.8 Å². The summed E-state index contributed by atoms with van der Waals surface area (Å²) in [5.41, 5.74) is 2.22. The van der Waals surface area contributed by atoms with Gasteiger partial charge in [0.25, 0.3) is 0 Å². The summed E-state index contributed by atoms with van der Waals surface area (Å²) in [6, 6.07) is 16.4. The minimum atomic E-state index is -0.584. The Hall–Kier alpha value is -3.69. The van der Waals surface area contributed by atoms with E-state index in [1.165, 1.54) is 11.9 Å². The number of anilines is 1. The van der Waals surface area contributed by atoms with Gasteiger partial charge in [0.1, 0.15) is 18.7 Å². The van der Waals surface area contributed by atoms with Gasteiger partial charge in [-0.3, -0.25) is 5.32 Å².